The Hall–Kier alpha value is -2.09. The summed E-state index contributed by atoms with van der Waals surface area (Å²) in [6.07, 6.45) is 0. The molecule has 0 bridgehead atoms. The van der Waals surface area contributed by atoms with Crippen LogP contribution in [0.4, 0.5) is 5.13 Å². The number of aromatic nitrogens is 1. The van der Waals surface area contributed by atoms with Crippen molar-refractivity contribution in [2.75, 3.05) is 44.4 Å². The van der Waals surface area contributed by atoms with Crippen LogP contribution in [0.5, 0.6) is 5.75 Å². The normalized spacial score (nSPS) is 11.1. The number of carbonyl (C=O) groups excluding carboxylic acids is 1. The number of benzene rings is 2. The summed E-state index contributed by atoms with van der Waals surface area (Å²) in [5, 5.41) is 0.753. The Morgan fingerprint density at radius 2 is 2.00 bits per heavy atom. The molecular formula is C21H26N3O2S2+. The molecule has 1 heterocycles. The van der Waals surface area contributed by atoms with E-state index in [4.69, 9.17) is 9.72 Å². The third-order valence-corrected chi connectivity index (χ3v) is 6.17. The Kier molecular flexibility index (Phi) is 7.30. The first-order valence-corrected chi connectivity index (χ1v) is 11.2. The van der Waals surface area contributed by atoms with Crippen LogP contribution < -0.4 is 14.5 Å². The zero-order valence-corrected chi connectivity index (χ0v) is 18.1. The fourth-order valence-corrected chi connectivity index (χ4v) is 4.50. The highest BCUT2D eigenvalue weighted by Crippen LogP contribution is 2.32. The van der Waals surface area contributed by atoms with Crippen molar-refractivity contribution in [2.45, 2.75) is 11.8 Å². The SMILES string of the molecule is CCOc1ccc2nc(N(CC[NH+](C)C)C(=O)CSc3ccccc3)sc2c1. The Morgan fingerprint density at radius 3 is 2.71 bits per heavy atom. The van der Waals surface area contributed by atoms with Gasteiger partial charge in [-0.3, -0.25) is 9.69 Å². The third kappa shape index (κ3) is 5.47. The number of carbonyl (C=O) groups is 1. The van der Waals surface area contributed by atoms with Gasteiger partial charge in [-0.1, -0.05) is 29.5 Å². The lowest BCUT2D eigenvalue weighted by molar-refractivity contribution is -0.856. The molecule has 0 unspecified atom stereocenters. The lowest BCUT2D eigenvalue weighted by Gasteiger charge is -2.20. The smallest absolute Gasteiger partial charge is 0.239 e. The second-order valence-corrected chi connectivity index (χ2v) is 8.72. The van der Waals surface area contributed by atoms with E-state index in [1.54, 1.807) is 23.1 Å². The van der Waals surface area contributed by atoms with E-state index in [1.807, 2.05) is 60.4 Å². The van der Waals surface area contributed by atoms with Crippen molar-refractivity contribution < 1.29 is 14.4 Å². The Morgan fingerprint density at radius 1 is 1.21 bits per heavy atom. The molecule has 0 saturated heterocycles. The molecule has 3 aromatic rings. The maximum absolute atomic E-state index is 13.0. The van der Waals surface area contributed by atoms with Crippen LogP contribution in [0.2, 0.25) is 0 Å². The van der Waals surface area contributed by atoms with Gasteiger partial charge in [0.15, 0.2) is 5.13 Å². The first kappa shape index (κ1) is 20.6. The number of ether oxygens (including phenoxy) is 1. The zero-order chi connectivity index (χ0) is 19.9. The van der Waals surface area contributed by atoms with Crippen LogP contribution in [0.3, 0.4) is 0 Å². The monoisotopic (exact) mass is 416 g/mol. The number of nitrogens with zero attached hydrogens (tertiary/aromatic N) is 2. The second kappa shape index (κ2) is 9.91. The van der Waals surface area contributed by atoms with Gasteiger partial charge >= 0.3 is 0 Å². The highest BCUT2D eigenvalue weighted by molar-refractivity contribution is 8.00. The summed E-state index contributed by atoms with van der Waals surface area (Å²) in [6, 6.07) is 15.9. The second-order valence-electron chi connectivity index (χ2n) is 6.66. The van der Waals surface area contributed by atoms with E-state index in [1.165, 1.54) is 4.90 Å². The van der Waals surface area contributed by atoms with E-state index < -0.39 is 0 Å². The first-order valence-electron chi connectivity index (χ1n) is 9.37. The van der Waals surface area contributed by atoms with Gasteiger partial charge in [0.2, 0.25) is 5.91 Å². The average molecular weight is 417 g/mol. The molecule has 0 aliphatic rings. The molecule has 0 aliphatic carbocycles. The Balaban J connectivity index is 1.80. The standard InChI is InChI=1S/C21H25N3O2S2/c1-4-26-16-10-11-18-19(14-16)28-21(22-18)24(13-12-23(2)3)20(25)15-27-17-8-6-5-7-9-17/h5-11,14H,4,12-13,15H2,1-3H3/p+1. The van der Waals surface area contributed by atoms with Crippen molar-refractivity contribution in [1.29, 1.82) is 0 Å². The number of amides is 1. The topological polar surface area (TPSA) is 46.9 Å². The predicted molar refractivity (Wildman–Crippen MR) is 118 cm³/mol. The lowest BCUT2D eigenvalue weighted by atomic mass is 10.3. The van der Waals surface area contributed by atoms with Crippen molar-refractivity contribution in [3.05, 3.63) is 48.5 Å². The number of fused-ring (bicyclic) bond motifs is 1. The van der Waals surface area contributed by atoms with Gasteiger partial charge in [0.05, 0.1) is 49.8 Å². The maximum Gasteiger partial charge on any atom is 0.239 e. The van der Waals surface area contributed by atoms with Crippen LogP contribution in [0, 0.1) is 0 Å². The molecule has 1 N–H and O–H groups in total. The van der Waals surface area contributed by atoms with E-state index >= 15 is 0 Å². The van der Waals surface area contributed by atoms with Crippen LogP contribution in [-0.2, 0) is 4.79 Å². The minimum absolute atomic E-state index is 0.0826. The molecule has 148 valence electrons. The number of nitrogens with one attached hydrogen (secondary N) is 1. The molecule has 1 aromatic heterocycles. The summed E-state index contributed by atoms with van der Waals surface area (Å²) in [4.78, 5) is 22.0. The quantitative estimate of drug-likeness (QED) is 0.545. The summed E-state index contributed by atoms with van der Waals surface area (Å²) in [6.45, 7) is 4.11. The van der Waals surface area contributed by atoms with Crippen LogP contribution in [0.15, 0.2) is 53.4 Å². The van der Waals surface area contributed by atoms with Crippen molar-refractivity contribution in [3.63, 3.8) is 0 Å². The molecule has 3 rings (SSSR count). The average Bonchev–Trinajstić information content (AvgIpc) is 3.10. The van der Waals surface area contributed by atoms with Gasteiger partial charge < -0.3 is 9.64 Å². The zero-order valence-electron chi connectivity index (χ0n) is 16.5. The number of likely N-dealkylation sites (N-methyl/N-ethyl adjacent to an activating group) is 1. The largest absolute Gasteiger partial charge is 0.494 e. The molecule has 0 spiro atoms. The van der Waals surface area contributed by atoms with Crippen molar-refractivity contribution in [3.8, 4) is 5.75 Å². The number of rotatable bonds is 9. The van der Waals surface area contributed by atoms with Gasteiger partial charge in [0.1, 0.15) is 5.75 Å². The summed E-state index contributed by atoms with van der Waals surface area (Å²) >= 11 is 3.10. The minimum atomic E-state index is 0.0826. The predicted octanol–water partition coefficient (Wildman–Crippen LogP) is 2.96. The lowest BCUT2D eigenvalue weighted by Crippen LogP contribution is -3.06. The number of thioether (sulfide) groups is 1. The molecule has 0 atom stereocenters. The first-order chi connectivity index (χ1) is 13.6. The summed E-state index contributed by atoms with van der Waals surface area (Å²) in [5.74, 6) is 1.31. The number of quaternary nitrogens is 1. The van der Waals surface area contributed by atoms with Gasteiger partial charge in [-0.2, -0.15) is 0 Å². The molecule has 0 radical (unpaired) electrons. The highest BCUT2D eigenvalue weighted by atomic mass is 32.2. The maximum atomic E-state index is 13.0. The molecule has 2 aromatic carbocycles. The molecule has 7 heteroatoms. The fraction of sp³-hybridized carbons (Fsp3) is 0.333. The molecule has 5 nitrogen and oxygen atoms in total. The highest BCUT2D eigenvalue weighted by Gasteiger charge is 2.21. The van der Waals surface area contributed by atoms with Gasteiger partial charge in [0.25, 0.3) is 0 Å². The Labute approximate surface area is 174 Å². The summed E-state index contributed by atoms with van der Waals surface area (Å²) in [7, 11) is 4.18. The number of anilines is 1. The molecule has 0 aliphatic heterocycles. The molecule has 1 amide bonds. The summed E-state index contributed by atoms with van der Waals surface area (Å²) < 4.78 is 6.62. The van der Waals surface area contributed by atoms with Crippen LogP contribution in [-0.4, -0.2) is 50.4 Å². The molecular weight excluding hydrogens is 390 g/mol. The third-order valence-electron chi connectivity index (χ3n) is 4.13. The van der Waals surface area contributed by atoms with Gasteiger partial charge in [0, 0.05) is 4.90 Å². The van der Waals surface area contributed by atoms with Crippen LogP contribution in [0.25, 0.3) is 10.2 Å². The van der Waals surface area contributed by atoms with Gasteiger partial charge in [-0.25, -0.2) is 4.98 Å². The number of thiazole rings is 1. The van der Waals surface area contributed by atoms with Gasteiger partial charge in [-0.05, 0) is 37.3 Å². The van der Waals surface area contributed by atoms with E-state index in [0.717, 1.165) is 32.5 Å². The van der Waals surface area contributed by atoms with Crippen molar-refractivity contribution >= 4 is 44.4 Å². The minimum Gasteiger partial charge on any atom is -0.494 e. The summed E-state index contributed by atoms with van der Waals surface area (Å²) in [5.41, 5.74) is 0.897. The van der Waals surface area contributed by atoms with E-state index in [0.29, 0.717) is 18.9 Å². The van der Waals surface area contributed by atoms with Crippen molar-refractivity contribution in [1.82, 2.24) is 4.98 Å². The molecule has 28 heavy (non-hydrogen) atoms. The van der Waals surface area contributed by atoms with Crippen molar-refractivity contribution in [2.24, 2.45) is 0 Å². The van der Waals surface area contributed by atoms with E-state index in [2.05, 4.69) is 14.1 Å². The van der Waals surface area contributed by atoms with Gasteiger partial charge in [-0.15, -0.1) is 11.8 Å². The number of hydrogen-bond acceptors (Lipinski definition) is 5. The van der Waals surface area contributed by atoms with E-state index in [9.17, 15) is 4.79 Å². The fourth-order valence-electron chi connectivity index (χ4n) is 2.67. The number of hydrogen-bond donors (Lipinski definition) is 1. The van der Waals surface area contributed by atoms with Crippen LogP contribution in [0.1, 0.15) is 6.92 Å². The Bertz CT molecular complexity index is 912. The molecule has 0 saturated carbocycles. The molecule has 0 fully saturated rings. The van der Waals surface area contributed by atoms with Crippen LogP contribution >= 0.6 is 23.1 Å². The van der Waals surface area contributed by atoms with E-state index in [-0.39, 0.29) is 5.91 Å².